The Hall–Kier alpha value is -2.36. The molecule has 0 saturated carbocycles. The van der Waals surface area contributed by atoms with Crippen LogP contribution in [-0.2, 0) is 13.0 Å². The number of nitrogens with zero attached hydrogens (tertiary/aromatic N) is 2. The van der Waals surface area contributed by atoms with Crippen molar-refractivity contribution in [2.75, 3.05) is 32.6 Å². The normalized spacial score (nSPS) is 11.3. The molecule has 0 unspecified atom stereocenters. The van der Waals surface area contributed by atoms with Crippen LogP contribution in [0.4, 0.5) is 14.5 Å². The summed E-state index contributed by atoms with van der Waals surface area (Å²) in [7, 11) is 5.32. The highest BCUT2D eigenvalue weighted by Crippen LogP contribution is 2.20. The number of benzene rings is 2. The first-order valence-electron chi connectivity index (χ1n) is 9.13. The molecule has 0 fully saturated rings. The largest absolute Gasteiger partial charge is 0.375 e. The lowest BCUT2D eigenvalue weighted by Gasteiger charge is -2.15. The molecule has 0 radical (unpaired) electrons. The number of aromatic nitrogens is 1. The van der Waals surface area contributed by atoms with Crippen molar-refractivity contribution in [1.29, 1.82) is 0 Å². The van der Waals surface area contributed by atoms with E-state index in [2.05, 4.69) is 20.6 Å². The maximum absolute atomic E-state index is 14.1. The quantitative estimate of drug-likeness (QED) is 0.265. The first-order chi connectivity index (χ1) is 13.5. The molecule has 2 aromatic carbocycles. The molecule has 0 aliphatic heterocycles. The molecule has 1 aromatic heterocycles. The Morgan fingerprint density at radius 2 is 1.90 bits per heavy atom. The van der Waals surface area contributed by atoms with E-state index in [1.807, 2.05) is 26.4 Å². The van der Waals surface area contributed by atoms with E-state index in [1.165, 1.54) is 18.2 Å². The zero-order valence-corrected chi connectivity index (χ0v) is 19.1. The standard InChI is InChI=1S/C21H25F2N5.HI/c1-24-21(27-12-14-4-7-20(28(2)3)18(23)10-14)25-9-8-15-13-26-19-11-16(22)5-6-17(15)19;/h4-7,10-11,13,26H,8-9,12H2,1-3H3,(H2,24,25,27);1H. The summed E-state index contributed by atoms with van der Waals surface area (Å²) in [6.07, 6.45) is 2.66. The van der Waals surface area contributed by atoms with Crippen LogP contribution in [0.3, 0.4) is 0 Å². The van der Waals surface area contributed by atoms with Gasteiger partial charge in [0.2, 0.25) is 0 Å². The molecule has 0 bridgehead atoms. The Labute approximate surface area is 186 Å². The zero-order valence-electron chi connectivity index (χ0n) is 16.7. The van der Waals surface area contributed by atoms with Crippen LogP contribution in [0.25, 0.3) is 10.9 Å². The van der Waals surface area contributed by atoms with Gasteiger partial charge in [0.1, 0.15) is 11.6 Å². The molecule has 0 spiro atoms. The van der Waals surface area contributed by atoms with Gasteiger partial charge < -0.3 is 20.5 Å². The molecule has 0 atom stereocenters. The molecular weight excluding hydrogens is 487 g/mol. The van der Waals surface area contributed by atoms with Crippen LogP contribution >= 0.6 is 24.0 Å². The molecule has 156 valence electrons. The molecule has 3 N–H and O–H groups in total. The van der Waals surface area contributed by atoms with E-state index in [1.54, 1.807) is 24.1 Å². The fourth-order valence-electron chi connectivity index (χ4n) is 3.11. The molecule has 0 amide bonds. The number of fused-ring (bicyclic) bond motifs is 1. The van der Waals surface area contributed by atoms with Crippen LogP contribution in [0.5, 0.6) is 0 Å². The van der Waals surface area contributed by atoms with E-state index < -0.39 is 0 Å². The maximum Gasteiger partial charge on any atom is 0.191 e. The molecule has 0 aliphatic rings. The second-order valence-electron chi connectivity index (χ2n) is 6.79. The van der Waals surface area contributed by atoms with Crippen LogP contribution in [0, 0.1) is 11.6 Å². The van der Waals surface area contributed by atoms with Crippen molar-refractivity contribution in [2.24, 2.45) is 4.99 Å². The number of nitrogens with one attached hydrogen (secondary N) is 3. The number of hydrogen-bond donors (Lipinski definition) is 3. The zero-order chi connectivity index (χ0) is 20.1. The van der Waals surface area contributed by atoms with Crippen molar-refractivity contribution in [1.82, 2.24) is 15.6 Å². The summed E-state index contributed by atoms with van der Waals surface area (Å²) in [4.78, 5) is 9.03. The average Bonchev–Trinajstić information content (AvgIpc) is 3.06. The smallest absolute Gasteiger partial charge is 0.191 e. The van der Waals surface area contributed by atoms with Crippen molar-refractivity contribution in [3.05, 3.63) is 65.4 Å². The van der Waals surface area contributed by atoms with Crippen molar-refractivity contribution >= 4 is 46.5 Å². The van der Waals surface area contributed by atoms with Crippen LogP contribution in [-0.4, -0.2) is 38.6 Å². The minimum atomic E-state index is -0.251. The third-order valence-electron chi connectivity index (χ3n) is 4.59. The Morgan fingerprint density at radius 1 is 1.10 bits per heavy atom. The van der Waals surface area contributed by atoms with Gasteiger partial charge in [-0.1, -0.05) is 6.07 Å². The van der Waals surface area contributed by atoms with Crippen LogP contribution in [0.15, 0.2) is 47.6 Å². The van der Waals surface area contributed by atoms with Gasteiger partial charge in [0.25, 0.3) is 0 Å². The van der Waals surface area contributed by atoms with Crippen molar-refractivity contribution in [3.63, 3.8) is 0 Å². The van der Waals surface area contributed by atoms with E-state index in [0.29, 0.717) is 24.7 Å². The van der Waals surface area contributed by atoms with E-state index in [4.69, 9.17) is 0 Å². The average molecular weight is 513 g/mol. The highest BCUT2D eigenvalue weighted by atomic mass is 127. The number of rotatable bonds is 6. The van der Waals surface area contributed by atoms with Gasteiger partial charge in [-0.2, -0.15) is 0 Å². The SMILES string of the molecule is CN=C(NCCc1c[nH]c2cc(F)ccc12)NCc1ccc(N(C)C)c(F)c1.I. The van der Waals surface area contributed by atoms with E-state index in [-0.39, 0.29) is 35.6 Å². The van der Waals surface area contributed by atoms with Gasteiger partial charge in [-0.25, -0.2) is 8.78 Å². The number of H-pyrrole nitrogens is 1. The summed E-state index contributed by atoms with van der Waals surface area (Å²) in [5, 5.41) is 7.45. The molecular formula is C21H26F2IN5. The Morgan fingerprint density at radius 3 is 2.59 bits per heavy atom. The van der Waals surface area contributed by atoms with E-state index in [9.17, 15) is 8.78 Å². The van der Waals surface area contributed by atoms with Gasteiger partial charge in [0, 0.05) is 51.3 Å². The summed E-state index contributed by atoms with van der Waals surface area (Å²) < 4.78 is 27.4. The number of aliphatic imine (C=N–C) groups is 1. The number of hydrogen-bond acceptors (Lipinski definition) is 2. The van der Waals surface area contributed by atoms with Crippen LogP contribution < -0.4 is 15.5 Å². The monoisotopic (exact) mass is 513 g/mol. The molecule has 3 aromatic rings. The summed E-state index contributed by atoms with van der Waals surface area (Å²) in [6, 6.07) is 9.93. The van der Waals surface area contributed by atoms with E-state index in [0.717, 1.165) is 28.5 Å². The number of guanidine groups is 1. The van der Waals surface area contributed by atoms with Gasteiger partial charge in [0.05, 0.1) is 5.69 Å². The summed E-state index contributed by atoms with van der Waals surface area (Å²) in [6.45, 7) is 1.13. The van der Waals surface area contributed by atoms with Gasteiger partial charge in [-0.05, 0) is 47.9 Å². The predicted molar refractivity (Wildman–Crippen MR) is 126 cm³/mol. The topological polar surface area (TPSA) is 55.5 Å². The van der Waals surface area contributed by atoms with Crippen LogP contribution in [0.2, 0.25) is 0 Å². The molecule has 0 saturated heterocycles. The minimum Gasteiger partial charge on any atom is -0.375 e. The second kappa shape index (κ2) is 10.4. The Bertz CT molecular complexity index is 984. The number of aromatic amines is 1. The third kappa shape index (κ3) is 5.81. The lowest BCUT2D eigenvalue weighted by atomic mass is 10.1. The lowest BCUT2D eigenvalue weighted by molar-refractivity contribution is 0.623. The van der Waals surface area contributed by atoms with Crippen molar-refractivity contribution in [3.8, 4) is 0 Å². The van der Waals surface area contributed by atoms with Crippen LogP contribution in [0.1, 0.15) is 11.1 Å². The van der Waals surface area contributed by atoms with Gasteiger partial charge >= 0.3 is 0 Å². The lowest BCUT2D eigenvalue weighted by Crippen LogP contribution is -2.37. The highest BCUT2D eigenvalue weighted by molar-refractivity contribution is 14.0. The summed E-state index contributed by atoms with van der Waals surface area (Å²) in [5.74, 6) is 0.143. The molecule has 0 aliphatic carbocycles. The molecule has 1 heterocycles. The van der Waals surface area contributed by atoms with Crippen molar-refractivity contribution < 1.29 is 8.78 Å². The molecule has 29 heavy (non-hydrogen) atoms. The first-order valence-corrected chi connectivity index (χ1v) is 9.13. The molecule has 8 heteroatoms. The first kappa shape index (κ1) is 22.9. The predicted octanol–water partition coefficient (Wildman–Crippen LogP) is 4.04. The van der Waals surface area contributed by atoms with Gasteiger partial charge in [-0.3, -0.25) is 4.99 Å². The Kier molecular flexibility index (Phi) is 8.24. The van der Waals surface area contributed by atoms with E-state index >= 15 is 0 Å². The number of anilines is 1. The van der Waals surface area contributed by atoms with Gasteiger partial charge in [-0.15, -0.1) is 24.0 Å². The molecule has 3 rings (SSSR count). The number of halogens is 3. The molecule has 5 nitrogen and oxygen atoms in total. The fourth-order valence-corrected chi connectivity index (χ4v) is 3.11. The second-order valence-corrected chi connectivity index (χ2v) is 6.79. The fraction of sp³-hybridized carbons (Fsp3) is 0.286. The third-order valence-corrected chi connectivity index (χ3v) is 4.59. The minimum absolute atomic E-state index is 0. The summed E-state index contributed by atoms with van der Waals surface area (Å²) >= 11 is 0. The maximum atomic E-state index is 14.1. The Balaban J connectivity index is 0.00000300. The highest BCUT2D eigenvalue weighted by Gasteiger charge is 2.07. The van der Waals surface area contributed by atoms with Gasteiger partial charge in [0.15, 0.2) is 5.96 Å². The van der Waals surface area contributed by atoms with Crippen molar-refractivity contribution in [2.45, 2.75) is 13.0 Å². The summed E-state index contributed by atoms with van der Waals surface area (Å²) in [5.41, 5.74) is 3.30.